The van der Waals surface area contributed by atoms with Gasteiger partial charge >= 0.3 is 0 Å². The Hall–Kier alpha value is -1.62. The van der Waals surface area contributed by atoms with Crippen molar-refractivity contribution in [3.8, 4) is 23.0 Å². The minimum atomic E-state index is -0.0530. The molecule has 19 heavy (non-hydrogen) atoms. The Kier molecular flexibility index (Phi) is 5.76. The molecule has 0 aromatic heterocycles. The molecular weight excluding hydrogens is 246 g/mol. The van der Waals surface area contributed by atoms with Crippen LogP contribution in [-0.2, 0) is 0 Å². The van der Waals surface area contributed by atoms with Gasteiger partial charge in [0, 0.05) is 18.7 Å². The molecule has 0 bridgehead atoms. The van der Waals surface area contributed by atoms with E-state index in [2.05, 4.69) is 13.8 Å². The number of hydrogen-bond acceptors (Lipinski definition) is 5. The van der Waals surface area contributed by atoms with Gasteiger partial charge in [0.1, 0.15) is 11.9 Å². The van der Waals surface area contributed by atoms with E-state index in [1.165, 1.54) is 0 Å². The molecule has 108 valence electrons. The van der Waals surface area contributed by atoms with E-state index in [0.29, 0.717) is 35.5 Å². The second-order valence-electron chi connectivity index (χ2n) is 4.50. The van der Waals surface area contributed by atoms with Crippen LogP contribution in [0.5, 0.6) is 23.0 Å². The zero-order valence-corrected chi connectivity index (χ0v) is 12.2. The molecule has 0 aliphatic carbocycles. The molecule has 1 rings (SSSR count). The van der Waals surface area contributed by atoms with Crippen LogP contribution in [-0.4, -0.2) is 34.0 Å². The molecule has 0 radical (unpaired) electrons. The summed E-state index contributed by atoms with van der Waals surface area (Å²) >= 11 is 0. The summed E-state index contributed by atoms with van der Waals surface area (Å²) in [6, 6.07) is 3.54. The Morgan fingerprint density at radius 1 is 1.00 bits per heavy atom. The van der Waals surface area contributed by atoms with E-state index in [9.17, 15) is 0 Å². The Morgan fingerprint density at radius 3 is 1.84 bits per heavy atom. The SMILES string of the molecule is COc1cc(OC(CN)C(C)C)cc(OC)c1OC. The van der Waals surface area contributed by atoms with Crippen molar-refractivity contribution in [3.63, 3.8) is 0 Å². The summed E-state index contributed by atoms with van der Waals surface area (Å²) < 4.78 is 21.7. The van der Waals surface area contributed by atoms with E-state index in [1.807, 2.05) is 0 Å². The molecular formula is C14H23NO4. The van der Waals surface area contributed by atoms with Gasteiger partial charge < -0.3 is 24.7 Å². The number of methoxy groups -OCH3 is 3. The van der Waals surface area contributed by atoms with Crippen molar-refractivity contribution in [1.82, 2.24) is 0 Å². The second-order valence-corrected chi connectivity index (χ2v) is 4.50. The van der Waals surface area contributed by atoms with Gasteiger partial charge in [-0.15, -0.1) is 0 Å². The van der Waals surface area contributed by atoms with Crippen molar-refractivity contribution in [1.29, 1.82) is 0 Å². The molecule has 0 saturated heterocycles. The lowest BCUT2D eigenvalue weighted by molar-refractivity contribution is 0.158. The summed E-state index contributed by atoms with van der Waals surface area (Å²) in [4.78, 5) is 0. The van der Waals surface area contributed by atoms with Gasteiger partial charge in [0.25, 0.3) is 0 Å². The van der Waals surface area contributed by atoms with Gasteiger partial charge in [-0.1, -0.05) is 13.8 Å². The topological polar surface area (TPSA) is 62.9 Å². The first-order valence-corrected chi connectivity index (χ1v) is 6.24. The Morgan fingerprint density at radius 2 is 1.53 bits per heavy atom. The third-order valence-corrected chi connectivity index (χ3v) is 2.90. The maximum atomic E-state index is 5.87. The van der Waals surface area contributed by atoms with Crippen molar-refractivity contribution in [3.05, 3.63) is 12.1 Å². The molecule has 0 heterocycles. The zero-order chi connectivity index (χ0) is 14.4. The molecule has 0 spiro atoms. The molecule has 2 N–H and O–H groups in total. The highest BCUT2D eigenvalue weighted by atomic mass is 16.5. The van der Waals surface area contributed by atoms with Crippen molar-refractivity contribution >= 4 is 0 Å². The number of nitrogens with two attached hydrogens (primary N) is 1. The molecule has 0 aliphatic heterocycles. The quantitative estimate of drug-likeness (QED) is 0.821. The average molecular weight is 269 g/mol. The van der Waals surface area contributed by atoms with E-state index in [1.54, 1.807) is 33.5 Å². The van der Waals surface area contributed by atoms with Gasteiger partial charge in [0.2, 0.25) is 5.75 Å². The molecule has 1 aromatic rings. The van der Waals surface area contributed by atoms with Crippen molar-refractivity contribution in [2.45, 2.75) is 20.0 Å². The van der Waals surface area contributed by atoms with Gasteiger partial charge in [-0.3, -0.25) is 0 Å². The highest BCUT2D eigenvalue weighted by molar-refractivity contribution is 5.55. The Balaban J connectivity index is 3.08. The summed E-state index contributed by atoms with van der Waals surface area (Å²) in [7, 11) is 4.71. The van der Waals surface area contributed by atoms with E-state index in [0.717, 1.165) is 0 Å². The molecule has 0 saturated carbocycles. The third kappa shape index (κ3) is 3.67. The molecule has 5 nitrogen and oxygen atoms in total. The molecule has 5 heteroatoms. The standard InChI is InChI=1S/C14H23NO4/c1-9(2)13(8-15)19-10-6-11(16-3)14(18-5)12(7-10)17-4/h6-7,9,13H,8,15H2,1-5H3. The summed E-state index contributed by atoms with van der Waals surface area (Å²) in [6.07, 6.45) is -0.0530. The van der Waals surface area contributed by atoms with Crippen LogP contribution in [0, 0.1) is 5.92 Å². The lowest BCUT2D eigenvalue weighted by Gasteiger charge is -2.22. The fraction of sp³-hybridized carbons (Fsp3) is 0.571. The number of ether oxygens (including phenoxy) is 4. The van der Waals surface area contributed by atoms with E-state index >= 15 is 0 Å². The summed E-state index contributed by atoms with van der Waals surface area (Å²) in [5.41, 5.74) is 5.71. The number of benzene rings is 1. The Bertz CT molecular complexity index is 381. The Labute approximate surface area is 114 Å². The first kappa shape index (κ1) is 15.4. The smallest absolute Gasteiger partial charge is 0.203 e. The van der Waals surface area contributed by atoms with Crippen LogP contribution in [0.3, 0.4) is 0 Å². The van der Waals surface area contributed by atoms with Crippen LogP contribution in [0.25, 0.3) is 0 Å². The van der Waals surface area contributed by atoms with Gasteiger partial charge in [-0.2, -0.15) is 0 Å². The number of rotatable bonds is 7. The van der Waals surface area contributed by atoms with E-state index < -0.39 is 0 Å². The molecule has 0 amide bonds. The van der Waals surface area contributed by atoms with Crippen LogP contribution >= 0.6 is 0 Å². The number of hydrogen-bond donors (Lipinski definition) is 1. The molecule has 1 unspecified atom stereocenters. The molecule has 0 aliphatic rings. The van der Waals surface area contributed by atoms with Crippen LogP contribution in [0.15, 0.2) is 12.1 Å². The fourth-order valence-electron chi connectivity index (χ4n) is 1.76. The van der Waals surface area contributed by atoms with Crippen LogP contribution in [0.2, 0.25) is 0 Å². The van der Waals surface area contributed by atoms with Gasteiger partial charge in [0.15, 0.2) is 11.5 Å². The van der Waals surface area contributed by atoms with Crippen LogP contribution in [0.4, 0.5) is 0 Å². The van der Waals surface area contributed by atoms with Crippen LogP contribution in [0.1, 0.15) is 13.8 Å². The maximum Gasteiger partial charge on any atom is 0.203 e. The first-order chi connectivity index (χ1) is 9.07. The lowest BCUT2D eigenvalue weighted by atomic mass is 10.1. The minimum absolute atomic E-state index is 0.0530. The highest BCUT2D eigenvalue weighted by Gasteiger charge is 2.18. The fourth-order valence-corrected chi connectivity index (χ4v) is 1.76. The molecule has 0 fully saturated rings. The monoisotopic (exact) mass is 269 g/mol. The average Bonchev–Trinajstić information content (AvgIpc) is 2.42. The van der Waals surface area contributed by atoms with Crippen LogP contribution < -0.4 is 24.7 Å². The maximum absolute atomic E-state index is 5.87. The summed E-state index contributed by atoms with van der Waals surface area (Å²) in [6.45, 7) is 4.58. The highest BCUT2D eigenvalue weighted by Crippen LogP contribution is 2.41. The molecule has 1 atom stereocenters. The zero-order valence-electron chi connectivity index (χ0n) is 12.2. The van der Waals surface area contributed by atoms with Gasteiger partial charge in [-0.25, -0.2) is 0 Å². The first-order valence-electron chi connectivity index (χ1n) is 6.24. The van der Waals surface area contributed by atoms with E-state index in [4.69, 9.17) is 24.7 Å². The molecule has 1 aromatic carbocycles. The second kappa shape index (κ2) is 7.09. The van der Waals surface area contributed by atoms with Crippen molar-refractivity contribution in [2.75, 3.05) is 27.9 Å². The normalized spacial score (nSPS) is 12.2. The van der Waals surface area contributed by atoms with Crippen molar-refractivity contribution < 1.29 is 18.9 Å². The predicted octanol–water partition coefficient (Wildman–Crippen LogP) is 2.07. The van der Waals surface area contributed by atoms with Crippen molar-refractivity contribution in [2.24, 2.45) is 11.7 Å². The van der Waals surface area contributed by atoms with Gasteiger partial charge in [-0.05, 0) is 5.92 Å². The van der Waals surface area contributed by atoms with Gasteiger partial charge in [0.05, 0.1) is 21.3 Å². The summed E-state index contributed by atoms with van der Waals surface area (Å²) in [5, 5.41) is 0. The largest absolute Gasteiger partial charge is 0.493 e. The lowest BCUT2D eigenvalue weighted by Crippen LogP contribution is -2.31. The third-order valence-electron chi connectivity index (χ3n) is 2.90. The minimum Gasteiger partial charge on any atom is -0.493 e. The summed E-state index contributed by atoms with van der Waals surface area (Å²) in [5.74, 6) is 2.65. The predicted molar refractivity (Wildman–Crippen MR) is 74.4 cm³/mol. The van der Waals surface area contributed by atoms with E-state index in [-0.39, 0.29) is 6.10 Å².